The molecular formula is C37H12BClF20N2O. The molecule has 25 heteroatoms. The van der Waals surface area contributed by atoms with Crippen LogP contribution < -0.4 is 26.4 Å². The van der Waals surface area contributed by atoms with E-state index in [1.54, 1.807) is 12.4 Å². The molecular weight excluding hydrogens is 915 g/mol. The minimum Gasteiger partial charge on any atom is -0.291 e. The van der Waals surface area contributed by atoms with E-state index in [4.69, 9.17) is 11.6 Å². The van der Waals surface area contributed by atoms with Crippen molar-refractivity contribution in [3.05, 3.63) is 177 Å². The summed E-state index contributed by atoms with van der Waals surface area (Å²) in [5.41, 5.74) is -12.8. The summed E-state index contributed by atoms with van der Waals surface area (Å²) in [4.78, 5) is 15.4. The van der Waals surface area contributed by atoms with Crippen LogP contribution >= 0.6 is 11.6 Å². The SMILES string of the molecule is Fc1c(F)c(F)c([B-](c2c(F)c(F)c(F)c(F)c2F)(c2c(F)c(F)c(F)c(F)c2F)c2c(F)c(F)c(F)c(F)c2F)c(F)c1F.O=C(CCl)c1c[n+](Cc2ccccc2)ccn1. The zero-order valence-electron chi connectivity index (χ0n) is 29.4. The molecule has 0 spiro atoms. The molecule has 0 amide bonds. The van der Waals surface area contributed by atoms with Gasteiger partial charge in [-0.1, -0.05) is 30.3 Å². The van der Waals surface area contributed by atoms with Gasteiger partial charge in [0, 0.05) is 5.56 Å². The number of halogens is 21. The van der Waals surface area contributed by atoms with Crippen LogP contribution in [-0.2, 0) is 6.54 Å². The monoisotopic (exact) mass is 926 g/mol. The molecule has 0 aliphatic rings. The fraction of sp³-hybridized carbons (Fsp3) is 0.0541. The second kappa shape index (κ2) is 17.7. The van der Waals surface area contributed by atoms with Gasteiger partial charge in [-0.25, -0.2) is 92.8 Å². The van der Waals surface area contributed by atoms with Crippen LogP contribution in [0.3, 0.4) is 0 Å². The van der Waals surface area contributed by atoms with E-state index in [1.807, 2.05) is 41.1 Å². The van der Waals surface area contributed by atoms with E-state index in [0.29, 0.717) is 12.2 Å². The van der Waals surface area contributed by atoms with Crippen molar-refractivity contribution in [2.75, 3.05) is 5.88 Å². The van der Waals surface area contributed by atoms with Crippen LogP contribution in [0, 0.1) is 116 Å². The zero-order valence-corrected chi connectivity index (χ0v) is 30.1. The van der Waals surface area contributed by atoms with Gasteiger partial charge >= 0.3 is 0 Å². The first-order chi connectivity index (χ1) is 29.0. The molecule has 0 fully saturated rings. The van der Waals surface area contributed by atoms with E-state index in [2.05, 4.69) is 4.98 Å². The number of ketones is 1. The lowest BCUT2D eigenvalue weighted by molar-refractivity contribution is -0.689. The van der Waals surface area contributed by atoms with Gasteiger partial charge in [-0.05, 0) is 0 Å². The summed E-state index contributed by atoms with van der Waals surface area (Å²) < 4.78 is 296. The molecule has 62 heavy (non-hydrogen) atoms. The van der Waals surface area contributed by atoms with Gasteiger partial charge in [-0.3, -0.25) is 4.79 Å². The topological polar surface area (TPSA) is 33.8 Å². The highest BCUT2D eigenvalue weighted by Gasteiger charge is 2.52. The van der Waals surface area contributed by atoms with E-state index < -0.39 is 144 Å². The largest absolute Gasteiger partial charge is 0.291 e. The van der Waals surface area contributed by atoms with E-state index >= 15 is 35.1 Å². The summed E-state index contributed by atoms with van der Waals surface area (Å²) in [7, 11) is 0. The molecule has 6 rings (SSSR count). The molecule has 5 aromatic carbocycles. The smallest absolute Gasteiger partial charge is 0.202 e. The van der Waals surface area contributed by atoms with Crippen LogP contribution in [0.15, 0.2) is 48.9 Å². The number of alkyl halides is 1. The Kier molecular flexibility index (Phi) is 13.3. The highest BCUT2D eigenvalue weighted by atomic mass is 35.5. The summed E-state index contributed by atoms with van der Waals surface area (Å²) >= 11 is 5.50. The summed E-state index contributed by atoms with van der Waals surface area (Å²) in [6, 6.07) is 10.0. The number of benzene rings is 5. The predicted octanol–water partition coefficient (Wildman–Crippen LogP) is 7.68. The standard InChI is InChI=1S/C24BF20.C13H12ClN2O/c26-5-1(6(27)14(35)21(42)13(5)34)25(2-7(28)15(36)22(43)16(37)8(2)29,3-9(30)17(38)23(44)18(39)10(3)31)4-11(32)19(40)24(45)20(41)12(4)33;14-8-13(17)12-10-16(7-6-15-12)9-11-4-2-1-3-5-11/h;1-7,10H,8-9H2/q-1;+1. The summed E-state index contributed by atoms with van der Waals surface area (Å²) in [6.07, 6.45) is -2.05. The lowest BCUT2D eigenvalue weighted by Gasteiger charge is -2.44. The first kappa shape index (κ1) is 46.9. The third kappa shape index (κ3) is 7.46. The van der Waals surface area contributed by atoms with Crippen molar-refractivity contribution in [3.63, 3.8) is 0 Å². The van der Waals surface area contributed by atoms with Gasteiger partial charge in [0.05, 0.1) is 12.1 Å². The van der Waals surface area contributed by atoms with Crippen molar-refractivity contribution in [1.29, 1.82) is 0 Å². The highest BCUT2D eigenvalue weighted by molar-refractivity contribution is 7.20. The van der Waals surface area contributed by atoms with Crippen molar-refractivity contribution in [2.45, 2.75) is 6.54 Å². The molecule has 0 saturated carbocycles. The number of aromatic nitrogens is 2. The van der Waals surface area contributed by atoms with E-state index in [9.17, 15) is 57.5 Å². The Morgan fingerprint density at radius 3 is 1.00 bits per heavy atom. The Bertz CT molecular complexity index is 2410. The van der Waals surface area contributed by atoms with Crippen molar-refractivity contribution in [2.24, 2.45) is 0 Å². The molecule has 326 valence electrons. The maximum Gasteiger partial charge on any atom is 0.202 e. The Balaban J connectivity index is 0.000000355. The molecule has 0 aliphatic carbocycles. The Labute approximate surface area is 336 Å². The molecule has 0 N–H and O–H groups in total. The average molecular weight is 927 g/mol. The van der Waals surface area contributed by atoms with Gasteiger partial charge in [0.2, 0.25) is 5.78 Å². The second-order valence-electron chi connectivity index (χ2n) is 12.5. The Morgan fingerprint density at radius 2 is 0.726 bits per heavy atom. The highest BCUT2D eigenvalue weighted by Crippen LogP contribution is 2.30. The molecule has 1 heterocycles. The number of carbonyl (C=O) groups is 1. The first-order valence-corrected chi connectivity index (χ1v) is 16.7. The van der Waals surface area contributed by atoms with Crippen LogP contribution in [0.5, 0.6) is 0 Å². The van der Waals surface area contributed by atoms with E-state index in [-0.39, 0.29) is 11.7 Å². The molecule has 1 aromatic heterocycles. The number of Topliss-reactive ketones (excluding diaryl/α,β-unsaturated/α-hetero) is 1. The van der Waals surface area contributed by atoms with Crippen LogP contribution in [0.25, 0.3) is 0 Å². The lowest BCUT2D eigenvalue weighted by Crippen LogP contribution is -2.81. The molecule has 0 atom stereocenters. The fourth-order valence-corrected chi connectivity index (χ4v) is 6.55. The van der Waals surface area contributed by atoms with Gasteiger partial charge in [-0.2, -0.15) is 4.57 Å². The minimum atomic E-state index is -7.22. The van der Waals surface area contributed by atoms with Crippen molar-refractivity contribution < 1.29 is 97.2 Å². The molecule has 6 aromatic rings. The van der Waals surface area contributed by atoms with Crippen LogP contribution in [0.2, 0.25) is 0 Å². The third-order valence-electron chi connectivity index (χ3n) is 9.08. The number of rotatable bonds is 8. The molecule has 0 radical (unpaired) electrons. The van der Waals surface area contributed by atoms with Gasteiger partial charge < -0.3 is 0 Å². The summed E-state index contributed by atoms with van der Waals surface area (Å²) in [5.74, 6) is -71.6. The maximum atomic E-state index is 15.4. The predicted molar refractivity (Wildman–Crippen MR) is 174 cm³/mol. The Hall–Kier alpha value is -6.20. The third-order valence-corrected chi connectivity index (χ3v) is 9.32. The summed E-state index contributed by atoms with van der Waals surface area (Å²) in [6.45, 7) is 0.714. The lowest BCUT2D eigenvalue weighted by atomic mass is 9.12. The van der Waals surface area contributed by atoms with Gasteiger partial charge in [0.1, 0.15) is 52.7 Å². The number of hydrogen-bond acceptors (Lipinski definition) is 2. The molecule has 0 unspecified atom stereocenters. The van der Waals surface area contributed by atoms with Gasteiger partial charge in [0.15, 0.2) is 94.4 Å². The molecule has 0 saturated heterocycles. The molecule has 3 nitrogen and oxygen atoms in total. The first-order valence-electron chi connectivity index (χ1n) is 16.2. The van der Waals surface area contributed by atoms with E-state index in [1.165, 1.54) is 5.56 Å². The number of nitrogens with zero attached hydrogens (tertiary/aromatic N) is 2. The number of hydrogen-bond donors (Lipinski definition) is 0. The number of carbonyl (C=O) groups excluding carboxylic acids is 1. The Morgan fingerprint density at radius 1 is 0.452 bits per heavy atom. The van der Waals surface area contributed by atoms with Crippen molar-refractivity contribution in [3.8, 4) is 0 Å². The fourth-order valence-electron chi connectivity index (χ4n) is 6.41. The summed E-state index contributed by atoms with van der Waals surface area (Å²) in [5, 5.41) is 0. The molecule has 0 aliphatic heterocycles. The van der Waals surface area contributed by atoms with E-state index in [0.717, 1.165) is 0 Å². The maximum absolute atomic E-state index is 15.4. The quantitative estimate of drug-likeness (QED) is 0.0299. The van der Waals surface area contributed by atoms with Crippen LogP contribution in [0.1, 0.15) is 16.1 Å². The zero-order chi connectivity index (χ0) is 46.4. The van der Waals surface area contributed by atoms with Gasteiger partial charge in [-0.15, -0.1) is 33.5 Å². The minimum absolute atomic E-state index is 0.0393. The van der Waals surface area contributed by atoms with Crippen molar-refractivity contribution in [1.82, 2.24) is 4.98 Å². The van der Waals surface area contributed by atoms with Crippen molar-refractivity contribution >= 4 is 45.4 Å². The van der Waals surface area contributed by atoms with Crippen LogP contribution in [-0.4, -0.2) is 22.8 Å². The normalized spacial score (nSPS) is 11.5. The van der Waals surface area contributed by atoms with Gasteiger partial charge in [0.25, 0.3) is 0 Å². The average Bonchev–Trinajstić information content (AvgIpc) is 3.26. The molecule has 0 bridgehead atoms. The second-order valence-corrected chi connectivity index (χ2v) is 12.7. The van der Waals surface area contributed by atoms with Crippen LogP contribution in [0.4, 0.5) is 87.8 Å².